The summed E-state index contributed by atoms with van der Waals surface area (Å²) in [6.45, 7) is -0.156. The molecule has 1 aromatic heterocycles. The molecule has 1 heterocycles. The zero-order chi connectivity index (χ0) is 14.6. The number of nitrogens with zero attached hydrogens (tertiary/aromatic N) is 3. The van der Waals surface area contributed by atoms with E-state index in [1.165, 1.54) is 0 Å². The summed E-state index contributed by atoms with van der Waals surface area (Å²) in [4.78, 5) is 32.1. The second kappa shape index (κ2) is 5.46. The lowest BCUT2D eigenvalue weighted by Crippen LogP contribution is -2.35. The van der Waals surface area contributed by atoms with Crippen molar-refractivity contribution >= 4 is 17.7 Å². The number of primary amides is 1. The zero-order valence-corrected chi connectivity index (χ0v) is 9.27. The number of carbonyl (C=O) groups excluding carboxylic acids is 3. The molecule has 8 nitrogen and oxygen atoms in total. The predicted molar refractivity (Wildman–Crippen MR) is 52.8 cm³/mol. The first-order valence-electron chi connectivity index (χ1n) is 4.81. The minimum Gasteiger partial charge on any atom is -0.351 e. The van der Waals surface area contributed by atoms with Gasteiger partial charge in [-0.1, -0.05) is 5.21 Å². The molecule has 19 heavy (non-hydrogen) atoms. The van der Waals surface area contributed by atoms with Crippen molar-refractivity contribution in [1.29, 1.82) is 0 Å². The Morgan fingerprint density at radius 2 is 2.00 bits per heavy atom. The van der Waals surface area contributed by atoms with Gasteiger partial charge < -0.3 is 5.73 Å². The number of alkyl halides is 3. The van der Waals surface area contributed by atoms with Crippen LogP contribution in [0.4, 0.5) is 18.0 Å². The van der Waals surface area contributed by atoms with Crippen LogP contribution in [0.5, 0.6) is 0 Å². The molecule has 0 aliphatic rings. The van der Waals surface area contributed by atoms with Gasteiger partial charge in [-0.3, -0.25) is 19.6 Å². The third-order valence-electron chi connectivity index (χ3n) is 1.86. The van der Waals surface area contributed by atoms with E-state index in [9.17, 15) is 27.6 Å². The van der Waals surface area contributed by atoms with Gasteiger partial charge in [-0.15, -0.1) is 5.10 Å². The Morgan fingerprint density at radius 3 is 2.53 bits per heavy atom. The first-order chi connectivity index (χ1) is 8.70. The number of carbonyl (C=O) groups is 3. The highest BCUT2D eigenvalue weighted by Crippen LogP contribution is 2.19. The zero-order valence-electron chi connectivity index (χ0n) is 9.27. The summed E-state index contributed by atoms with van der Waals surface area (Å²) in [5, 5.41) is 8.05. The maximum Gasteiger partial charge on any atom is 0.456 e. The second-order valence-electron chi connectivity index (χ2n) is 3.36. The number of Topliss-reactive ketones (excluding diaryl/α,β-unsaturated/α-hetero) is 1. The maximum atomic E-state index is 12.1. The molecule has 0 unspecified atom stereocenters. The first-order valence-corrected chi connectivity index (χ1v) is 4.81. The standard InChI is InChI=1S/C8H8F3N5O3/c9-8(10,11)6(18)4-3-16(15-14-4)2-1-5(17)13-7(12)19/h3H,1-2H2,(H3,12,13,17,19). The Bertz CT molecular complexity index is 510. The van der Waals surface area contributed by atoms with Crippen molar-refractivity contribution in [2.45, 2.75) is 19.1 Å². The van der Waals surface area contributed by atoms with Gasteiger partial charge in [0.1, 0.15) is 0 Å². The highest BCUT2D eigenvalue weighted by molar-refractivity contribution is 5.98. The van der Waals surface area contributed by atoms with E-state index in [1.807, 2.05) is 0 Å². The molecular weight excluding hydrogens is 271 g/mol. The second-order valence-corrected chi connectivity index (χ2v) is 3.36. The number of hydrogen-bond donors (Lipinski definition) is 2. The van der Waals surface area contributed by atoms with Crippen LogP contribution in [0.15, 0.2) is 6.20 Å². The maximum absolute atomic E-state index is 12.1. The summed E-state index contributed by atoms with van der Waals surface area (Å²) < 4.78 is 37.1. The van der Waals surface area contributed by atoms with Crippen molar-refractivity contribution < 1.29 is 27.6 Å². The largest absolute Gasteiger partial charge is 0.456 e. The Morgan fingerprint density at radius 1 is 1.37 bits per heavy atom. The van der Waals surface area contributed by atoms with Gasteiger partial charge in [0.2, 0.25) is 5.91 Å². The SMILES string of the molecule is NC(=O)NC(=O)CCn1cc(C(=O)C(F)(F)F)nn1. The van der Waals surface area contributed by atoms with Crippen molar-refractivity contribution in [3.8, 4) is 0 Å². The predicted octanol–water partition coefficient (Wildman–Crippen LogP) is -0.392. The number of nitrogens with two attached hydrogens (primary N) is 1. The van der Waals surface area contributed by atoms with Gasteiger partial charge in [0.15, 0.2) is 5.69 Å². The topological polar surface area (TPSA) is 120 Å². The van der Waals surface area contributed by atoms with E-state index in [1.54, 1.807) is 5.32 Å². The number of aryl methyl sites for hydroxylation is 1. The Labute approximate surface area is 103 Å². The van der Waals surface area contributed by atoms with Crippen LogP contribution in [0.25, 0.3) is 0 Å². The molecule has 0 atom stereocenters. The average molecular weight is 279 g/mol. The fourth-order valence-electron chi connectivity index (χ4n) is 1.07. The van der Waals surface area contributed by atoms with E-state index in [4.69, 9.17) is 0 Å². The molecule has 0 aromatic carbocycles. The Hall–Kier alpha value is -2.46. The van der Waals surface area contributed by atoms with Gasteiger partial charge in [-0.25, -0.2) is 4.79 Å². The van der Waals surface area contributed by atoms with E-state index >= 15 is 0 Å². The summed E-state index contributed by atoms with van der Waals surface area (Å²) in [5.74, 6) is -2.85. The van der Waals surface area contributed by atoms with Gasteiger partial charge in [-0.2, -0.15) is 13.2 Å². The van der Waals surface area contributed by atoms with Crippen LogP contribution in [-0.2, 0) is 11.3 Å². The van der Waals surface area contributed by atoms with Crippen LogP contribution in [-0.4, -0.2) is 38.9 Å². The molecule has 0 fully saturated rings. The highest BCUT2D eigenvalue weighted by Gasteiger charge is 2.41. The van der Waals surface area contributed by atoms with Gasteiger partial charge in [-0.05, 0) is 0 Å². The van der Waals surface area contributed by atoms with E-state index in [0.717, 1.165) is 10.9 Å². The summed E-state index contributed by atoms with van der Waals surface area (Å²) in [6, 6.07) is -1.04. The van der Waals surface area contributed by atoms with Crippen molar-refractivity contribution in [3.05, 3.63) is 11.9 Å². The number of imide groups is 1. The molecule has 3 amide bonds. The molecule has 1 aromatic rings. The number of urea groups is 1. The molecular formula is C8H8F3N5O3. The minimum atomic E-state index is -5.04. The lowest BCUT2D eigenvalue weighted by molar-refractivity contribution is -0.120. The number of hydrogen-bond acceptors (Lipinski definition) is 5. The van der Waals surface area contributed by atoms with Crippen LogP contribution in [0.1, 0.15) is 16.9 Å². The number of rotatable bonds is 4. The average Bonchev–Trinajstić information content (AvgIpc) is 2.71. The van der Waals surface area contributed by atoms with Gasteiger partial charge in [0.25, 0.3) is 5.78 Å². The molecule has 3 N–H and O–H groups in total. The molecule has 104 valence electrons. The van der Waals surface area contributed by atoms with Crippen molar-refractivity contribution in [1.82, 2.24) is 20.3 Å². The van der Waals surface area contributed by atoms with Crippen LogP contribution in [0.2, 0.25) is 0 Å². The molecule has 0 spiro atoms. The lowest BCUT2D eigenvalue weighted by Gasteiger charge is -2.01. The van der Waals surface area contributed by atoms with Crippen molar-refractivity contribution in [2.24, 2.45) is 5.73 Å². The molecule has 11 heteroatoms. The van der Waals surface area contributed by atoms with Gasteiger partial charge >= 0.3 is 12.2 Å². The molecule has 1 rings (SSSR count). The molecule has 0 saturated heterocycles. The van der Waals surface area contributed by atoms with Crippen molar-refractivity contribution in [2.75, 3.05) is 0 Å². The smallest absolute Gasteiger partial charge is 0.351 e. The van der Waals surface area contributed by atoms with Crippen molar-refractivity contribution in [3.63, 3.8) is 0 Å². The fourth-order valence-corrected chi connectivity index (χ4v) is 1.07. The van der Waals surface area contributed by atoms with Crippen LogP contribution < -0.4 is 11.1 Å². The Kier molecular flexibility index (Phi) is 4.19. The highest BCUT2D eigenvalue weighted by atomic mass is 19.4. The first kappa shape index (κ1) is 14.6. The monoisotopic (exact) mass is 279 g/mol. The normalized spacial score (nSPS) is 11.1. The van der Waals surface area contributed by atoms with E-state index in [0.29, 0.717) is 0 Å². The summed E-state index contributed by atoms with van der Waals surface area (Å²) in [5.41, 5.74) is 3.81. The van der Waals surface area contributed by atoms with Gasteiger partial charge in [0, 0.05) is 6.42 Å². The van der Waals surface area contributed by atoms with E-state index in [-0.39, 0.29) is 13.0 Å². The number of nitrogens with one attached hydrogen (secondary N) is 1. The quantitative estimate of drug-likeness (QED) is 0.727. The summed E-state index contributed by atoms with van der Waals surface area (Å²) >= 11 is 0. The van der Waals surface area contributed by atoms with Crippen LogP contribution in [0, 0.1) is 0 Å². The molecule has 0 aliphatic carbocycles. The van der Waals surface area contributed by atoms with Crippen LogP contribution in [0.3, 0.4) is 0 Å². The number of ketones is 1. The van der Waals surface area contributed by atoms with Gasteiger partial charge in [0.05, 0.1) is 12.7 Å². The minimum absolute atomic E-state index is 0.156. The number of amides is 3. The third kappa shape index (κ3) is 4.37. The molecule has 0 saturated carbocycles. The number of aromatic nitrogens is 3. The molecule has 0 radical (unpaired) electrons. The molecule has 0 bridgehead atoms. The summed E-state index contributed by atoms with van der Waals surface area (Å²) in [6.07, 6.45) is -4.54. The van der Waals surface area contributed by atoms with E-state index < -0.39 is 29.6 Å². The lowest BCUT2D eigenvalue weighted by atomic mass is 10.3. The molecule has 0 aliphatic heterocycles. The van der Waals surface area contributed by atoms with E-state index in [2.05, 4.69) is 16.0 Å². The number of halogens is 3. The summed E-state index contributed by atoms with van der Waals surface area (Å²) in [7, 11) is 0. The fraction of sp³-hybridized carbons (Fsp3) is 0.375. The van der Waals surface area contributed by atoms with Crippen LogP contribution >= 0.6 is 0 Å². The third-order valence-corrected chi connectivity index (χ3v) is 1.86. The Balaban J connectivity index is 2.59.